The molecule has 0 N–H and O–H groups in total. The lowest BCUT2D eigenvalue weighted by atomic mass is 10.0. The van der Waals surface area contributed by atoms with Gasteiger partial charge in [0.25, 0.3) is 0 Å². The van der Waals surface area contributed by atoms with Crippen LogP contribution in [0, 0.1) is 0 Å². The predicted molar refractivity (Wildman–Crippen MR) is 145 cm³/mol. The lowest BCUT2D eigenvalue weighted by Gasteiger charge is -2.13. The van der Waals surface area contributed by atoms with E-state index in [1.54, 1.807) is 28.4 Å². The summed E-state index contributed by atoms with van der Waals surface area (Å²) in [6.07, 6.45) is 3.94. The van der Waals surface area contributed by atoms with Crippen LogP contribution >= 0.6 is 0 Å². The predicted octanol–water partition coefficient (Wildman–Crippen LogP) is 6.87. The van der Waals surface area contributed by atoms with Gasteiger partial charge in [-0.25, -0.2) is 4.68 Å². The Morgan fingerprint density at radius 1 is 0.694 bits per heavy atom. The summed E-state index contributed by atoms with van der Waals surface area (Å²) in [6.45, 7) is 4.37. The molecule has 0 saturated heterocycles. The number of aromatic nitrogens is 2. The van der Waals surface area contributed by atoms with Crippen molar-refractivity contribution < 1.29 is 18.9 Å². The fraction of sp³-hybridized carbons (Fsp3) is 0.233. The van der Waals surface area contributed by atoms with Crippen molar-refractivity contribution in [3.8, 4) is 39.9 Å². The number of hydrogen-bond acceptors (Lipinski definition) is 5. The van der Waals surface area contributed by atoms with Gasteiger partial charge in [0.1, 0.15) is 23.0 Å². The molecule has 1 heterocycles. The van der Waals surface area contributed by atoms with Crippen molar-refractivity contribution in [2.24, 2.45) is 0 Å². The van der Waals surface area contributed by atoms with Crippen molar-refractivity contribution in [2.75, 3.05) is 28.4 Å². The monoisotopic (exact) mass is 484 g/mol. The maximum Gasteiger partial charge on any atom is 0.128 e. The van der Waals surface area contributed by atoms with Gasteiger partial charge in [-0.2, -0.15) is 5.10 Å². The van der Waals surface area contributed by atoms with Crippen molar-refractivity contribution in [1.82, 2.24) is 9.78 Å². The van der Waals surface area contributed by atoms with E-state index < -0.39 is 0 Å². The summed E-state index contributed by atoms with van der Waals surface area (Å²) in [5.41, 5.74) is 5.69. The molecule has 0 aliphatic carbocycles. The molecule has 0 amide bonds. The zero-order valence-electron chi connectivity index (χ0n) is 21.6. The van der Waals surface area contributed by atoms with Crippen molar-refractivity contribution in [3.05, 3.63) is 83.6 Å². The van der Waals surface area contributed by atoms with Crippen LogP contribution in [-0.4, -0.2) is 38.2 Å². The largest absolute Gasteiger partial charge is 0.497 e. The van der Waals surface area contributed by atoms with Crippen LogP contribution in [0.1, 0.15) is 36.6 Å². The molecule has 1 aromatic heterocycles. The van der Waals surface area contributed by atoms with Gasteiger partial charge in [0.05, 0.1) is 45.5 Å². The first kappa shape index (κ1) is 24.9. The first-order chi connectivity index (χ1) is 17.5. The molecule has 0 fully saturated rings. The Bertz CT molecular complexity index is 1350. The quantitative estimate of drug-likeness (QED) is 0.260. The van der Waals surface area contributed by atoms with Gasteiger partial charge in [0.15, 0.2) is 0 Å². The Hall–Kier alpha value is -4.19. The topological polar surface area (TPSA) is 54.7 Å². The molecule has 4 rings (SSSR count). The third kappa shape index (κ3) is 5.23. The molecule has 36 heavy (non-hydrogen) atoms. The normalized spacial score (nSPS) is 11.2. The minimum Gasteiger partial charge on any atom is -0.497 e. The van der Waals surface area contributed by atoms with E-state index in [4.69, 9.17) is 24.0 Å². The average molecular weight is 485 g/mol. The minimum atomic E-state index is 0.450. The molecule has 0 bridgehead atoms. The third-order valence-corrected chi connectivity index (χ3v) is 6.09. The molecule has 0 radical (unpaired) electrons. The number of hydrogen-bond donors (Lipinski definition) is 0. The van der Waals surface area contributed by atoms with E-state index in [9.17, 15) is 0 Å². The highest BCUT2D eigenvalue weighted by atomic mass is 16.5. The molecule has 186 valence electrons. The molecule has 0 spiro atoms. The van der Waals surface area contributed by atoms with Crippen molar-refractivity contribution in [3.63, 3.8) is 0 Å². The van der Waals surface area contributed by atoms with Crippen LogP contribution in [0.4, 0.5) is 0 Å². The number of benzene rings is 3. The summed E-state index contributed by atoms with van der Waals surface area (Å²) in [6, 6.07) is 22.0. The molecule has 0 aliphatic rings. The second-order valence-electron chi connectivity index (χ2n) is 8.62. The standard InChI is InChI=1S/C30H32N2O4/c1-20(2)21-8-11-24(12-9-21)32-28(27-19-26(34-4)14-16-30(27)36-6)18-23(31-32)10-7-22-17-25(33-3)13-15-29(22)35-5/h7-20H,1-6H3. The second kappa shape index (κ2) is 11.0. The smallest absolute Gasteiger partial charge is 0.128 e. The van der Waals surface area contributed by atoms with Crippen LogP contribution in [0.5, 0.6) is 23.0 Å². The van der Waals surface area contributed by atoms with E-state index in [0.29, 0.717) is 5.92 Å². The van der Waals surface area contributed by atoms with E-state index in [-0.39, 0.29) is 0 Å². The van der Waals surface area contributed by atoms with E-state index in [1.807, 2.05) is 59.3 Å². The van der Waals surface area contributed by atoms with Crippen molar-refractivity contribution >= 4 is 12.2 Å². The molecular formula is C30H32N2O4. The van der Waals surface area contributed by atoms with Gasteiger partial charge < -0.3 is 18.9 Å². The zero-order valence-corrected chi connectivity index (χ0v) is 21.6. The van der Waals surface area contributed by atoms with Gasteiger partial charge in [-0.1, -0.05) is 26.0 Å². The van der Waals surface area contributed by atoms with E-state index >= 15 is 0 Å². The molecule has 6 nitrogen and oxygen atoms in total. The third-order valence-electron chi connectivity index (χ3n) is 6.09. The Balaban J connectivity index is 1.84. The first-order valence-electron chi connectivity index (χ1n) is 11.8. The van der Waals surface area contributed by atoms with Crippen LogP contribution in [0.25, 0.3) is 29.1 Å². The molecule has 0 atom stereocenters. The van der Waals surface area contributed by atoms with E-state index in [1.165, 1.54) is 5.56 Å². The number of rotatable bonds is 9. The zero-order chi connectivity index (χ0) is 25.7. The Kier molecular flexibility index (Phi) is 7.64. The lowest BCUT2D eigenvalue weighted by molar-refractivity contribution is 0.402. The fourth-order valence-corrected chi connectivity index (χ4v) is 4.03. The molecular weight excluding hydrogens is 452 g/mol. The average Bonchev–Trinajstić information content (AvgIpc) is 3.35. The molecule has 6 heteroatoms. The van der Waals surface area contributed by atoms with Crippen molar-refractivity contribution in [1.29, 1.82) is 0 Å². The van der Waals surface area contributed by atoms with Gasteiger partial charge in [-0.3, -0.25) is 0 Å². The molecule has 4 aromatic rings. The molecule has 0 saturated carbocycles. The van der Waals surface area contributed by atoms with Crippen LogP contribution in [0.15, 0.2) is 66.7 Å². The number of nitrogens with zero attached hydrogens (tertiary/aromatic N) is 2. The molecule has 0 unspecified atom stereocenters. The summed E-state index contributed by atoms with van der Waals surface area (Å²) in [5.74, 6) is 3.44. The summed E-state index contributed by atoms with van der Waals surface area (Å²) < 4.78 is 24.0. The molecule has 0 aliphatic heterocycles. The van der Waals surface area contributed by atoms with Crippen LogP contribution < -0.4 is 18.9 Å². The Morgan fingerprint density at radius 2 is 1.33 bits per heavy atom. The number of methoxy groups -OCH3 is 4. The van der Waals surface area contributed by atoms with E-state index in [2.05, 4.69) is 38.1 Å². The van der Waals surface area contributed by atoms with Gasteiger partial charge in [0.2, 0.25) is 0 Å². The summed E-state index contributed by atoms with van der Waals surface area (Å²) in [4.78, 5) is 0. The summed E-state index contributed by atoms with van der Waals surface area (Å²) in [7, 11) is 6.62. The maximum atomic E-state index is 5.69. The van der Waals surface area contributed by atoms with Crippen LogP contribution in [0.2, 0.25) is 0 Å². The molecule has 3 aromatic carbocycles. The van der Waals surface area contributed by atoms with Crippen LogP contribution in [-0.2, 0) is 0 Å². The highest BCUT2D eigenvalue weighted by Gasteiger charge is 2.16. The van der Waals surface area contributed by atoms with Gasteiger partial charge in [-0.05, 0) is 78.2 Å². The fourth-order valence-electron chi connectivity index (χ4n) is 4.03. The second-order valence-corrected chi connectivity index (χ2v) is 8.62. The van der Waals surface area contributed by atoms with Crippen LogP contribution in [0.3, 0.4) is 0 Å². The number of ether oxygens (including phenoxy) is 4. The summed E-state index contributed by atoms with van der Waals surface area (Å²) >= 11 is 0. The minimum absolute atomic E-state index is 0.450. The first-order valence-corrected chi connectivity index (χ1v) is 11.8. The van der Waals surface area contributed by atoms with Gasteiger partial charge >= 0.3 is 0 Å². The highest BCUT2D eigenvalue weighted by molar-refractivity contribution is 5.77. The SMILES string of the molecule is COc1ccc(OC)c(C=Cc2cc(-c3cc(OC)ccc3OC)n(-c3ccc(C(C)C)cc3)n2)c1. The Labute approximate surface area is 212 Å². The van der Waals surface area contributed by atoms with E-state index in [0.717, 1.165) is 51.2 Å². The van der Waals surface area contributed by atoms with Gasteiger partial charge in [0, 0.05) is 11.1 Å². The highest BCUT2D eigenvalue weighted by Crippen LogP contribution is 2.36. The summed E-state index contributed by atoms with van der Waals surface area (Å²) in [5, 5.41) is 4.94. The maximum absolute atomic E-state index is 5.69. The Morgan fingerprint density at radius 3 is 1.94 bits per heavy atom. The lowest BCUT2D eigenvalue weighted by Crippen LogP contribution is -2.01. The van der Waals surface area contributed by atoms with Crippen molar-refractivity contribution in [2.45, 2.75) is 19.8 Å². The van der Waals surface area contributed by atoms with Gasteiger partial charge in [-0.15, -0.1) is 0 Å².